The minimum absolute atomic E-state index is 0.0287. The van der Waals surface area contributed by atoms with Crippen molar-refractivity contribution < 1.29 is 14.4 Å². The maximum atomic E-state index is 13.2. The van der Waals surface area contributed by atoms with E-state index in [0.29, 0.717) is 16.7 Å². The van der Waals surface area contributed by atoms with Crippen LogP contribution in [0.3, 0.4) is 0 Å². The first-order chi connectivity index (χ1) is 15.5. The van der Waals surface area contributed by atoms with Gasteiger partial charge >= 0.3 is 0 Å². The Bertz CT molecular complexity index is 1180. The summed E-state index contributed by atoms with van der Waals surface area (Å²) in [7, 11) is 1.86. The SMILES string of the molecule is CN(C(=O)c1ccc(CN2C(=O)c3ccccc3C2=O)cc1)[C@H]1CCCc2ccccc21. The quantitative estimate of drug-likeness (QED) is 0.574. The van der Waals surface area contributed by atoms with Crippen LogP contribution in [-0.4, -0.2) is 34.6 Å². The molecule has 0 fully saturated rings. The average molecular weight is 425 g/mol. The highest BCUT2D eigenvalue weighted by molar-refractivity contribution is 6.21. The molecule has 0 radical (unpaired) electrons. The molecule has 0 unspecified atom stereocenters. The summed E-state index contributed by atoms with van der Waals surface area (Å²) in [6, 6.07) is 22.5. The Morgan fingerprint density at radius 3 is 2.22 bits per heavy atom. The molecule has 3 aromatic carbocycles. The summed E-state index contributed by atoms with van der Waals surface area (Å²) in [5, 5.41) is 0. The van der Waals surface area contributed by atoms with Crippen molar-refractivity contribution in [1.82, 2.24) is 9.80 Å². The molecule has 1 aliphatic carbocycles. The van der Waals surface area contributed by atoms with Gasteiger partial charge in [-0.2, -0.15) is 0 Å². The van der Waals surface area contributed by atoms with Crippen LogP contribution >= 0.6 is 0 Å². The van der Waals surface area contributed by atoms with E-state index in [1.807, 2.05) is 30.1 Å². The van der Waals surface area contributed by atoms with E-state index in [1.54, 1.807) is 36.4 Å². The number of carbonyl (C=O) groups excluding carboxylic acids is 3. The van der Waals surface area contributed by atoms with Gasteiger partial charge in [-0.1, -0.05) is 48.5 Å². The predicted octanol–water partition coefficient (Wildman–Crippen LogP) is 4.63. The predicted molar refractivity (Wildman–Crippen MR) is 121 cm³/mol. The molecule has 0 N–H and O–H groups in total. The van der Waals surface area contributed by atoms with Crippen molar-refractivity contribution in [1.29, 1.82) is 0 Å². The highest BCUT2D eigenvalue weighted by atomic mass is 16.2. The van der Waals surface area contributed by atoms with Crippen LogP contribution in [0.2, 0.25) is 0 Å². The lowest BCUT2D eigenvalue weighted by atomic mass is 9.87. The van der Waals surface area contributed by atoms with E-state index in [0.717, 1.165) is 24.8 Å². The lowest BCUT2D eigenvalue weighted by Crippen LogP contribution is -2.33. The van der Waals surface area contributed by atoms with Gasteiger partial charge in [-0.25, -0.2) is 0 Å². The fourth-order valence-electron chi connectivity index (χ4n) is 4.79. The first-order valence-electron chi connectivity index (χ1n) is 10.9. The van der Waals surface area contributed by atoms with E-state index >= 15 is 0 Å². The third-order valence-electron chi connectivity index (χ3n) is 6.55. The van der Waals surface area contributed by atoms with Gasteiger partial charge in [-0.05, 0) is 60.2 Å². The van der Waals surface area contributed by atoms with Gasteiger partial charge in [0.1, 0.15) is 0 Å². The maximum absolute atomic E-state index is 13.2. The van der Waals surface area contributed by atoms with Crippen LogP contribution in [0.4, 0.5) is 0 Å². The Morgan fingerprint density at radius 1 is 0.906 bits per heavy atom. The van der Waals surface area contributed by atoms with Crippen LogP contribution in [0.5, 0.6) is 0 Å². The van der Waals surface area contributed by atoms with Crippen LogP contribution in [0.1, 0.15) is 66.6 Å². The van der Waals surface area contributed by atoms with Gasteiger partial charge in [0.15, 0.2) is 0 Å². The van der Waals surface area contributed by atoms with Crippen LogP contribution in [0, 0.1) is 0 Å². The molecule has 2 aliphatic rings. The topological polar surface area (TPSA) is 57.7 Å². The minimum Gasteiger partial charge on any atom is -0.335 e. The van der Waals surface area contributed by atoms with E-state index in [2.05, 4.69) is 18.2 Å². The number of carbonyl (C=O) groups is 3. The molecule has 0 aromatic heterocycles. The molecular weight excluding hydrogens is 400 g/mol. The number of hydrogen-bond donors (Lipinski definition) is 0. The zero-order valence-corrected chi connectivity index (χ0v) is 18.0. The largest absolute Gasteiger partial charge is 0.335 e. The lowest BCUT2D eigenvalue weighted by molar-refractivity contribution is 0.0640. The van der Waals surface area contributed by atoms with Crippen molar-refractivity contribution >= 4 is 17.7 Å². The van der Waals surface area contributed by atoms with Crippen LogP contribution in [-0.2, 0) is 13.0 Å². The molecule has 0 saturated heterocycles. The molecule has 3 amide bonds. The number of fused-ring (bicyclic) bond motifs is 2. The maximum Gasteiger partial charge on any atom is 0.261 e. The molecule has 160 valence electrons. The van der Waals surface area contributed by atoms with E-state index in [-0.39, 0.29) is 30.3 Å². The summed E-state index contributed by atoms with van der Waals surface area (Å²) in [6.07, 6.45) is 3.08. The Labute approximate surface area is 187 Å². The molecular formula is C27H24N2O3. The fraction of sp³-hybridized carbons (Fsp3) is 0.222. The molecule has 5 nitrogen and oxygen atoms in total. The number of nitrogens with zero attached hydrogens (tertiary/aromatic N) is 2. The monoisotopic (exact) mass is 424 g/mol. The third kappa shape index (κ3) is 3.40. The molecule has 3 aromatic rings. The van der Waals surface area contributed by atoms with Gasteiger partial charge in [-0.3, -0.25) is 19.3 Å². The number of imide groups is 1. The Morgan fingerprint density at radius 2 is 1.53 bits per heavy atom. The average Bonchev–Trinajstić information content (AvgIpc) is 3.08. The second-order valence-corrected chi connectivity index (χ2v) is 8.46. The molecule has 1 aliphatic heterocycles. The number of aryl methyl sites for hydroxylation is 1. The number of rotatable bonds is 4. The number of benzene rings is 3. The molecule has 5 rings (SSSR count). The van der Waals surface area contributed by atoms with Gasteiger partial charge in [0.2, 0.25) is 0 Å². The first-order valence-corrected chi connectivity index (χ1v) is 10.9. The van der Waals surface area contributed by atoms with Crippen molar-refractivity contribution in [3.63, 3.8) is 0 Å². The van der Waals surface area contributed by atoms with E-state index in [1.165, 1.54) is 16.0 Å². The zero-order chi connectivity index (χ0) is 22.2. The summed E-state index contributed by atoms with van der Waals surface area (Å²) in [5.41, 5.74) is 4.84. The second-order valence-electron chi connectivity index (χ2n) is 8.46. The molecule has 0 bridgehead atoms. The van der Waals surface area contributed by atoms with Crippen LogP contribution in [0.25, 0.3) is 0 Å². The van der Waals surface area contributed by atoms with Crippen LogP contribution in [0.15, 0.2) is 72.8 Å². The molecule has 0 saturated carbocycles. The summed E-state index contributed by atoms with van der Waals surface area (Å²) >= 11 is 0. The standard InChI is InChI=1S/C27H24N2O3/c1-28(24-12-6-8-19-7-2-3-9-21(19)24)25(30)20-15-13-18(14-16-20)17-29-26(31)22-10-4-5-11-23(22)27(29)32/h2-5,7,9-11,13-16,24H,6,8,12,17H2,1H3/t24-/m0/s1. The Hall–Kier alpha value is -3.73. The van der Waals surface area contributed by atoms with Crippen molar-refractivity contribution in [3.05, 3.63) is 106 Å². The van der Waals surface area contributed by atoms with E-state index in [4.69, 9.17) is 0 Å². The summed E-state index contributed by atoms with van der Waals surface area (Å²) in [4.78, 5) is 41.4. The van der Waals surface area contributed by atoms with E-state index in [9.17, 15) is 14.4 Å². The smallest absolute Gasteiger partial charge is 0.261 e. The Kier molecular flexibility index (Phi) is 5.10. The van der Waals surface area contributed by atoms with Crippen molar-refractivity contribution in [2.45, 2.75) is 31.8 Å². The fourth-order valence-corrected chi connectivity index (χ4v) is 4.79. The van der Waals surface area contributed by atoms with Crippen molar-refractivity contribution in [2.24, 2.45) is 0 Å². The third-order valence-corrected chi connectivity index (χ3v) is 6.55. The van der Waals surface area contributed by atoms with E-state index < -0.39 is 0 Å². The zero-order valence-electron chi connectivity index (χ0n) is 18.0. The van der Waals surface area contributed by atoms with Gasteiger partial charge < -0.3 is 4.90 Å². The Balaban J connectivity index is 1.31. The molecule has 5 heteroatoms. The highest BCUT2D eigenvalue weighted by Crippen LogP contribution is 2.34. The van der Waals surface area contributed by atoms with Gasteiger partial charge in [-0.15, -0.1) is 0 Å². The number of hydrogen-bond acceptors (Lipinski definition) is 3. The molecule has 0 spiro atoms. The van der Waals surface area contributed by atoms with Crippen molar-refractivity contribution in [3.8, 4) is 0 Å². The lowest BCUT2D eigenvalue weighted by Gasteiger charge is -2.33. The summed E-state index contributed by atoms with van der Waals surface area (Å²) < 4.78 is 0. The first kappa shape index (κ1) is 20.2. The van der Waals surface area contributed by atoms with Crippen LogP contribution < -0.4 is 0 Å². The second kappa shape index (κ2) is 8.08. The molecule has 1 heterocycles. The number of amides is 3. The summed E-state index contributed by atoms with van der Waals surface area (Å²) in [6.45, 7) is 0.187. The van der Waals surface area contributed by atoms with Gasteiger partial charge in [0.25, 0.3) is 17.7 Å². The highest BCUT2D eigenvalue weighted by Gasteiger charge is 2.35. The molecule has 32 heavy (non-hydrogen) atoms. The minimum atomic E-state index is -0.276. The van der Waals surface area contributed by atoms with Gasteiger partial charge in [0, 0.05) is 12.6 Å². The normalized spacial score (nSPS) is 17.2. The summed E-state index contributed by atoms with van der Waals surface area (Å²) in [5.74, 6) is -0.582. The molecule has 1 atom stereocenters. The van der Waals surface area contributed by atoms with Crippen molar-refractivity contribution in [2.75, 3.05) is 7.05 Å². The van der Waals surface area contributed by atoms with Gasteiger partial charge in [0.05, 0.1) is 23.7 Å².